The molecule has 3 aliphatic heterocycles. The van der Waals surface area contributed by atoms with Crippen molar-refractivity contribution < 1.29 is 9.59 Å². The first kappa shape index (κ1) is 20.2. The summed E-state index contributed by atoms with van der Waals surface area (Å²) in [4.78, 5) is 34.1. The van der Waals surface area contributed by atoms with E-state index >= 15 is 0 Å². The molecule has 0 N–H and O–H groups in total. The minimum atomic E-state index is -0.209. The maximum absolute atomic E-state index is 12.9. The number of benzene rings is 1. The first-order valence-corrected chi connectivity index (χ1v) is 11.2. The van der Waals surface area contributed by atoms with Crippen LogP contribution in [0.15, 0.2) is 24.3 Å². The van der Waals surface area contributed by atoms with E-state index in [1.165, 1.54) is 18.5 Å². The molecule has 1 aromatic carbocycles. The van der Waals surface area contributed by atoms with E-state index in [1.54, 1.807) is 4.90 Å². The highest BCUT2D eigenvalue weighted by Crippen LogP contribution is 2.30. The zero-order valence-corrected chi connectivity index (χ0v) is 17.8. The summed E-state index contributed by atoms with van der Waals surface area (Å²) in [6.45, 7) is 11.6. The van der Waals surface area contributed by atoms with Crippen LogP contribution in [-0.4, -0.2) is 74.0 Å². The Labute approximate surface area is 174 Å². The summed E-state index contributed by atoms with van der Waals surface area (Å²) in [7, 11) is 0. The molecule has 1 unspecified atom stereocenters. The van der Waals surface area contributed by atoms with Gasteiger partial charge < -0.3 is 19.6 Å². The minimum Gasteiger partial charge on any atom is -0.372 e. The normalized spacial score (nSPS) is 24.4. The van der Waals surface area contributed by atoms with Crippen LogP contribution in [0.3, 0.4) is 0 Å². The summed E-state index contributed by atoms with van der Waals surface area (Å²) in [5.74, 6) is 0.817. The van der Waals surface area contributed by atoms with E-state index < -0.39 is 0 Å². The van der Waals surface area contributed by atoms with Gasteiger partial charge in [0, 0.05) is 63.6 Å². The molecule has 2 amide bonds. The number of rotatable bonds is 4. The lowest BCUT2D eigenvalue weighted by atomic mass is 9.99. The molecule has 0 aliphatic carbocycles. The van der Waals surface area contributed by atoms with Gasteiger partial charge in [0.25, 0.3) is 0 Å². The van der Waals surface area contributed by atoms with Crippen LogP contribution in [0.2, 0.25) is 0 Å². The van der Waals surface area contributed by atoms with Crippen molar-refractivity contribution >= 4 is 23.2 Å². The molecule has 4 rings (SSSR count). The average molecular weight is 399 g/mol. The molecule has 3 fully saturated rings. The lowest BCUT2D eigenvalue weighted by Crippen LogP contribution is -2.50. The van der Waals surface area contributed by atoms with Gasteiger partial charge in [0.2, 0.25) is 11.8 Å². The second-order valence-electron chi connectivity index (χ2n) is 8.85. The Morgan fingerprint density at radius 3 is 2.21 bits per heavy atom. The highest BCUT2D eigenvalue weighted by molar-refractivity contribution is 6.00. The van der Waals surface area contributed by atoms with Gasteiger partial charge in [-0.25, -0.2) is 0 Å². The quantitative estimate of drug-likeness (QED) is 0.782. The van der Waals surface area contributed by atoms with E-state index in [1.807, 2.05) is 17.0 Å². The number of likely N-dealkylation sites (N-methyl/N-ethyl adjacent to an activating group) is 1. The van der Waals surface area contributed by atoms with E-state index in [2.05, 4.69) is 35.8 Å². The molecule has 0 bridgehead atoms. The summed E-state index contributed by atoms with van der Waals surface area (Å²) in [6, 6.07) is 8.33. The number of carbonyl (C=O) groups is 2. The van der Waals surface area contributed by atoms with Crippen LogP contribution in [0.4, 0.5) is 11.4 Å². The van der Waals surface area contributed by atoms with E-state index in [9.17, 15) is 9.59 Å². The van der Waals surface area contributed by atoms with Gasteiger partial charge in [0.15, 0.2) is 0 Å². The fraction of sp³-hybridized carbons (Fsp3) is 0.652. The van der Waals surface area contributed by atoms with Gasteiger partial charge in [0.1, 0.15) is 0 Å². The Morgan fingerprint density at radius 1 is 0.966 bits per heavy atom. The highest BCUT2D eigenvalue weighted by atomic mass is 16.2. The first-order valence-electron chi connectivity index (χ1n) is 11.2. The van der Waals surface area contributed by atoms with Gasteiger partial charge in [-0.2, -0.15) is 0 Å². The third-order valence-corrected chi connectivity index (χ3v) is 6.92. The standard InChI is InChI=1S/C23H34N4O2/c1-3-24-12-14-26(15-13-24)23(29)19-16-22(28)27(17-19)21-6-4-20(5-7-21)25-10-8-18(2)9-11-25/h4-7,18-19H,3,8-17H2,1-2H3. The summed E-state index contributed by atoms with van der Waals surface area (Å²) >= 11 is 0. The predicted octanol–water partition coefficient (Wildman–Crippen LogP) is 2.44. The van der Waals surface area contributed by atoms with E-state index in [4.69, 9.17) is 0 Å². The van der Waals surface area contributed by atoms with Crippen molar-refractivity contribution in [1.82, 2.24) is 9.80 Å². The molecule has 6 heteroatoms. The molecule has 158 valence electrons. The zero-order valence-electron chi connectivity index (χ0n) is 17.8. The van der Waals surface area contributed by atoms with E-state index in [-0.39, 0.29) is 17.7 Å². The van der Waals surface area contributed by atoms with Crippen molar-refractivity contribution in [2.75, 3.05) is 62.2 Å². The molecule has 0 saturated carbocycles. The van der Waals surface area contributed by atoms with Crippen molar-refractivity contribution in [1.29, 1.82) is 0 Å². The van der Waals surface area contributed by atoms with E-state index in [0.29, 0.717) is 13.0 Å². The maximum Gasteiger partial charge on any atom is 0.228 e. The molecule has 0 spiro atoms. The SMILES string of the molecule is CCN1CCN(C(=O)C2CC(=O)N(c3ccc(N4CCC(C)CC4)cc3)C2)CC1. The maximum atomic E-state index is 12.9. The monoisotopic (exact) mass is 398 g/mol. The number of carbonyl (C=O) groups excluding carboxylic acids is 2. The molecule has 29 heavy (non-hydrogen) atoms. The van der Waals surface area contributed by atoms with Crippen LogP contribution < -0.4 is 9.80 Å². The van der Waals surface area contributed by atoms with Crippen LogP contribution in [0.5, 0.6) is 0 Å². The van der Waals surface area contributed by atoms with Gasteiger partial charge in [-0.15, -0.1) is 0 Å². The lowest BCUT2D eigenvalue weighted by molar-refractivity contribution is -0.137. The summed E-state index contributed by atoms with van der Waals surface area (Å²) in [6.07, 6.45) is 2.81. The Balaban J connectivity index is 1.36. The second kappa shape index (κ2) is 8.74. The Morgan fingerprint density at radius 2 is 1.59 bits per heavy atom. The number of amides is 2. The van der Waals surface area contributed by atoms with Crippen LogP contribution in [0.1, 0.15) is 33.1 Å². The van der Waals surface area contributed by atoms with Crippen molar-refractivity contribution in [3.8, 4) is 0 Å². The smallest absolute Gasteiger partial charge is 0.228 e. The van der Waals surface area contributed by atoms with Crippen molar-refractivity contribution in [2.45, 2.75) is 33.1 Å². The fourth-order valence-corrected chi connectivity index (χ4v) is 4.78. The lowest BCUT2D eigenvalue weighted by Gasteiger charge is -2.35. The van der Waals surface area contributed by atoms with Crippen LogP contribution in [-0.2, 0) is 9.59 Å². The van der Waals surface area contributed by atoms with Gasteiger partial charge in [-0.3, -0.25) is 9.59 Å². The third kappa shape index (κ3) is 4.42. The summed E-state index contributed by atoms with van der Waals surface area (Å²) in [5.41, 5.74) is 2.14. The topological polar surface area (TPSA) is 47.1 Å². The number of hydrogen-bond donors (Lipinski definition) is 0. The van der Waals surface area contributed by atoms with Crippen molar-refractivity contribution in [3.05, 3.63) is 24.3 Å². The number of hydrogen-bond acceptors (Lipinski definition) is 4. The molecule has 3 heterocycles. The third-order valence-electron chi connectivity index (χ3n) is 6.92. The fourth-order valence-electron chi connectivity index (χ4n) is 4.78. The zero-order chi connectivity index (χ0) is 20.4. The minimum absolute atomic E-state index is 0.0649. The molecule has 0 aromatic heterocycles. The van der Waals surface area contributed by atoms with Crippen molar-refractivity contribution in [3.63, 3.8) is 0 Å². The predicted molar refractivity (Wildman–Crippen MR) is 116 cm³/mol. The summed E-state index contributed by atoms with van der Waals surface area (Å²) in [5, 5.41) is 0. The molecule has 1 aromatic rings. The number of piperidine rings is 1. The van der Waals surface area contributed by atoms with Crippen molar-refractivity contribution in [2.24, 2.45) is 11.8 Å². The van der Waals surface area contributed by atoms with Gasteiger partial charge in [-0.05, 0) is 49.6 Å². The molecule has 3 saturated heterocycles. The average Bonchev–Trinajstić information content (AvgIpc) is 3.15. The summed E-state index contributed by atoms with van der Waals surface area (Å²) < 4.78 is 0. The molecular formula is C23H34N4O2. The molecule has 3 aliphatic rings. The Hall–Kier alpha value is -2.08. The Bertz CT molecular complexity index is 719. The van der Waals surface area contributed by atoms with E-state index in [0.717, 1.165) is 57.4 Å². The number of nitrogens with zero attached hydrogens (tertiary/aromatic N) is 4. The molecule has 0 radical (unpaired) electrons. The van der Waals surface area contributed by atoms with Crippen LogP contribution >= 0.6 is 0 Å². The highest BCUT2D eigenvalue weighted by Gasteiger charge is 2.37. The van der Waals surface area contributed by atoms with Gasteiger partial charge in [0.05, 0.1) is 5.92 Å². The molecule has 6 nitrogen and oxygen atoms in total. The number of piperazine rings is 1. The second-order valence-corrected chi connectivity index (χ2v) is 8.85. The molecular weight excluding hydrogens is 364 g/mol. The van der Waals surface area contributed by atoms with Crippen LogP contribution in [0, 0.1) is 11.8 Å². The molecule has 1 atom stereocenters. The van der Waals surface area contributed by atoms with Gasteiger partial charge >= 0.3 is 0 Å². The number of anilines is 2. The first-order chi connectivity index (χ1) is 14.0. The Kier molecular flexibility index (Phi) is 6.09. The van der Waals surface area contributed by atoms with Gasteiger partial charge in [-0.1, -0.05) is 13.8 Å². The largest absolute Gasteiger partial charge is 0.372 e. The van der Waals surface area contributed by atoms with Crippen LogP contribution in [0.25, 0.3) is 0 Å².